The van der Waals surface area contributed by atoms with Crippen LogP contribution >= 0.6 is 11.8 Å². The van der Waals surface area contributed by atoms with E-state index in [1.54, 1.807) is 12.4 Å². The zero-order chi connectivity index (χ0) is 18.6. The number of aromatic nitrogens is 2. The van der Waals surface area contributed by atoms with Crippen LogP contribution in [0.25, 0.3) is 5.69 Å². The Morgan fingerprint density at radius 3 is 2.62 bits per heavy atom. The predicted octanol–water partition coefficient (Wildman–Crippen LogP) is 4.62. The van der Waals surface area contributed by atoms with Crippen LogP contribution in [0.3, 0.4) is 0 Å². The van der Waals surface area contributed by atoms with Gasteiger partial charge in [0.15, 0.2) is 5.16 Å². The Bertz CT molecular complexity index is 894. The Labute approximate surface area is 152 Å². The summed E-state index contributed by atoms with van der Waals surface area (Å²) in [5, 5.41) is 3.10. The zero-order valence-electron chi connectivity index (χ0n) is 13.4. The fourth-order valence-corrected chi connectivity index (χ4v) is 3.06. The number of halogens is 3. The zero-order valence-corrected chi connectivity index (χ0v) is 14.2. The molecule has 3 rings (SSSR count). The van der Waals surface area contributed by atoms with E-state index >= 15 is 0 Å². The molecule has 0 saturated carbocycles. The van der Waals surface area contributed by atoms with E-state index in [1.807, 2.05) is 34.9 Å². The van der Waals surface area contributed by atoms with E-state index < -0.39 is 17.6 Å². The predicted molar refractivity (Wildman–Crippen MR) is 94.4 cm³/mol. The van der Waals surface area contributed by atoms with Crippen LogP contribution in [0.4, 0.5) is 18.9 Å². The third kappa shape index (κ3) is 4.45. The highest BCUT2D eigenvalue weighted by molar-refractivity contribution is 7.99. The van der Waals surface area contributed by atoms with Crippen LogP contribution in [0.2, 0.25) is 0 Å². The van der Waals surface area contributed by atoms with Crippen molar-refractivity contribution in [2.45, 2.75) is 11.3 Å². The van der Waals surface area contributed by atoms with E-state index in [0.29, 0.717) is 5.16 Å². The molecule has 0 aliphatic carbocycles. The molecule has 134 valence electrons. The van der Waals surface area contributed by atoms with Gasteiger partial charge in [0.25, 0.3) is 0 Å². The average Bonchev–Trinajstić information content (AvgIpc) is 3.09. The standard InChI is InChI=1S/C18H14F3N3OS/c19-18(20,21)13-5-4-6-14(11-13)23-16(25)12-26-17-22-9-10-24(17)15-7-2-1-3-8-15/h1-11H,12H2,(H,23,25). The van der Waals surface area contributed by atoms with Gasteiger partial charge in [0.2, 0.25) is 5.91 Å². The topological polar surface area (TPSA) is 46.9 Å². The summed E-state index contributed by atoms with van der Waals surface area (Å²) >= 11 is 1.20. The third-order valence-corrected chi connectivity index (χ3v) is 4.41. The maximum atomic E-state index is 12.7. The van der Waals surface area contributed by atoms with Crippen LogP contribution in [-0.4, -0.2) is 21.2 Å². The molecular formula is C18H14F3N3OS. The number of rotatable bonds is 5. The van der Waals surface area contributed by atoms with Gasteiger partial charge in [0.1, 0.15) is 0 Å². The van der Waals surface area contributed by atoms with Gasteiger partial charge in [-0.15, -0.1) is 0 Å². The molecule has 0 bridgehead atoms. The van der Waals surface area contributed by atoms with E-state index in [0.717, 1.165) is 17.8 Å². The molecule has 3 aromatic rings. The maximum absolute atomic E-state index is 12.7. The van der Waals surface area contributed by atoms with E-state index in [2.05, 4.69) is 10.3 Å². The highest BCUT2D eigenvalue weighted by atomic mass is 32.2. The number of carbonyl (C=O) groups excluding carboxylic acids is 1. The van der Waals surface area contributed by atoms with Crippen molar-refractivity contribution in [2.75, 3.05) is 11.1 Å². The van der Waals surface area contributed by atoms with Crippen LogP contribution in [0, 0.1) is 0 Å². The van der Waals surface area contributed by atoms with E-state index in [-0.39, 0.29) is 11.4 Å². The first-order valence-corrected chi connectivity index (χ1v) is 8.61. The van der Waals surface area contributed by atoms with E-state index in [9.17, 15) is 18.0 Å². The Balaban J connectivity index is 1.63. The smallest absolute Gasteiger partial charge is 0.325 e. The minimum atomic E-state index is -4.45. The van der Waals surface area contributed by atoms with E-state index in [4.69, 9.17) is 0 Å². The highest BCUT2D eigenvalue weighted by Gasteiger charge is 2.30. The molecule has 0 saturated heterocycles. The number of nitrogens with one attached hydrogen (secondary N) is 1. The summed E-state index contributed by atoms with van der Waals surface area (Å²) in [6.07, 6.45) is -1.04. The Hall–Kier alpha value is -2.74. The Morgan fingerprint density at radius 1 is 1.12 bits per heavy atom. The molecule has 1 heterocycles. The maximum Gasteiger partial charge on any atom is 0.416 e. The number of benzene rings is 2. The molecule has 1 N–H and O–H groups in total. The normalized spacial score (nSPS) is 11.3. The lowest BCUT2D eigenvalue weighted by molar-refractivity contribution is -0.137. The summed E-state index contributed by atoms with van der Waals surface area (Å²) in [4.78, 5) is 16.3. The number of hydrogen-bond acceptors (Lipinski definition) is 3. The minimum absolute atomic E-state index is 0.0279. The number of amides is 1. The van der Waals surface area contributed by atoms with Crippen LogP contribution in [0.1, 0.15) is 5.56 Å². The molecule has 8 heteroatoms. The summed E-state index contributed by atoms with van der Waals surface area (Å²) in [5.74, 6) is -0.378. The SMILES string of the molecule is O=C(CSc1nccn1-c1ccccc1)Nc1cccc(C(F)(F)F)c1. The first-order chi connectivity index (χ1) is 12.4. The second kappa shape index (κ2) is 7.65. The summed E-state index contributed by atoms with van der Waals surface area (Å²) in [6, 6.07) is 14.1. The van der Waals surface area contributed by atoms with Crippen LogP contribution in [0.15, 0.2) is 72.1 Å². The van der Waals surface area contributed by atoms with Crippen LogP contribution in [-0.2, 0) is 11.0 Å². The van der Waals surface area contributed by atoms with E-state index in [1.165, 1.54) is 23.9 Å². The summed E-state index contributed by atoms with van der Waals surface area (Å²) in [6.45, 7) is 0. The molecule has 4 nitrogen and oxygen atoms in total. The number of para-hydroxylation sites is 1. The summed E-state index contributed by atoms with van der Waals surface area (Å²) in [7, 11) is 0. The Morgan fingerprint density at radius 2 is 1.88 bits per heavy atom. The monoisotopic (exact) mass is 377 g/mol. The molecule has 0 unspecified atom stereocenters. The fraction of sp³-hybridized carbons (Fsp3) is 0.111. The third-order valence-electron chi connectivity index (χ3n) is 3.45. The molecule has 0 spiro atoms. The molecule has 1 amide bonds. The van der Waals surface area contributed by atoms with Gasteiger partial charge < -0.3 is 5.32 Å². The molecule has 26 heavy (non-hydrogen) atoms. The lowest BCUT2D eigenvalue weighted by Crippen LogP contribution is -2.15. The van der Waals surface area contributed by atoms with Gasteiger partial charge in [-0.05, 0) is 30.3 Å². The largest absolute Gasteiger partial charge is 0.416 e. The number of nitrogens with zero attached hydrogens (tertiary/aromatic N) is 2. The fourth-order valence-electron chi connectivity index (χ4n) is 2.28. The number of anilines is 1. The minimum Gasteiger partial charge on any atom is -0.325 e. The second-order valence-electron chi connectivity index (χ2n) is 5.33. The van der Waals surface area contributed by atoms with Crippen LogP contribution in [0.5, 0.6) is 0 Å². The van der Waals surface area contributed by atoms with Gasteiger partial charge >= 0.3 is 6.18 Å². The van der Waals surface area contributed by atoms with Gasteiger partial charge in [0, 0.05) is 23.8 Å². The van der Waals surface area contributed by atoms with Gasteiger partial charge in [0.05, 0.1) is 11.3 Å². The van der Waals surface area contributed by atoms with Crippen molar-refractivity contribution >= 4 is 23.4 Å². The first-order valence-electron chi connectivity index (χ1n) is 7.62. The first kappa shape index (κ1) is 18.1. The second-order valence-corrected chi connectivity index (χ2v) is 6.27. The van der Waals surface area contributed by atoms with Gasteiger partial charge in [-0.2, -0.15) is 13.2 Å². The average molecular weight is 377 g/mol. The van der Waals surface area contributed by atoms with Crippen molar-refractivity contribution < 1.29 is 18.0 Å². The number of imidazole rings is 1. The molecule has 2 aromatic carbocycles. The molecule has 1 aromatic heterocycles. The molecular weight excluding hydrogens is 363 g/mol. The van der Waals surface area contributed by atoms with Crippen molar-refractivity contribution in [3.05, 3.63) is 72.6 Å². The number of carbonyl (C=O) groups is 1. The quantitative estimate of drug-likeness (QED) is 0.660. The van der Waals surface area contributed by atoms with Gasteiger partial charge in [-0.25, -0.2) is 4.98 Å². The summed E-state index contributed by atoms with van der Waals surface area (Å²) < 4.78 is 40.0. The lowest BCUT2D eigenvalue weighted by Gasteiger charge is -2.10. The van der Waals surface area contributed by atoms with Gasteiger partial charge in [-0.3, -0.25) is 9.36 Å². The van der Waals surface area contributed by atoms with Crippen molar-refractivity contribution in [3.8, 4) is 5.69 Å². The number of alkyl halides is 3. The number of thioether (sulfide) groups is 1. The molecule has 0 aliphatic heterocycles. The molecule has 0 fully saturated rings. The van der Waals surface area contributed by atoms with Crippen molar-refractivity contribution in [1.82, 2.24) is 9.55 Å². The van der Waals surface area contributed by atoms with Crippen molar-refractivity contribution in [1.29, 1.82) is 0 Å². The van der Waals surface area contributed by atoms with Crippen molar-refractivity contribution in [3.63, 3.8) is 0 Å². The lowest BCUT2D eigenvalue weighted by atomic mass is 10.2. The number of hydrogen-bond donors (Lipinski definition) is 1. The highest BCUT2D eigenvalue weighted by Crippen LogP contribution is 2.30. The van der Waals surface area contributed by atoms with Crippen molar-refractivity contribution in [2.24, 2.45) is 0 Å². The Kier molecular flexibility index (Phi) is 5.32. The molecule has 0 atom stereocenters. The molecule has 0 radical (unpaired) electrons. The summed E-state index contributed by atoms with van der Waals surface area (Å²) in [5.41, 5.74) is 0.213. The van der Waals surface area contributed by atoms with Crippen LogP contribution < -0.4 is 5.32 Å². The molecule has 0 aliphatic rings. The van der Waals surface area contributed by atoms with Gasteiger partial charge in [-0.1, -0.05) is 36.0 Å².